The highest BCUT2D eigenvalue weighted by molar-refractivity contribution is 7.89. The average Bonchev–Trinajstić information content (AvgIpc) is 2.41. The molecule has 1 unspecified atom stereocenters. The summed E-state index contributed by atoms with van der Waals surface area (Å²) in [7, 11) is 0.135. The van der Waals surface area contributed by atoms with Crippen LogP contribution in [0.3, 0.4) is 0 Å². The number of piperidine rings is 1. The van der Waals surface area contributed by atoms with Crippen LogP contribution in [0.1, 0.15) is 24.0 Å². The fourth-order valence-electron chi connectivity index (χ4n) is 2.82. The van der Waals surface area contributed by atoms with E-state index < -0.39 is 10.0 Å². The van der Waals surface area contributed by atoms with E-state index in [1.165, 1.54) is 4.31 Å². The van der Waals surface area contributed by atoms with Crippen LogP contribution < -0.4 is 5.73 Å². The van der Waals surface area contributed by atoms with Gasteiger partial charge in [0.2, 0.25) is 10.0 Å². The number of anilines is 1. The average molecular weight is 311 g/mol. The molecule has 1 saturated heterocycles. The molecule has 1 aromatic carbocycles. The van der Waals surface area contributed by atoms with Gasteiger partial charge in [-0.3, -0.25) is 0 Å². The number of nitrogens with zero attached hydrogens (tertiary/aromatic N) is 2. The maximum atomic E-state index is 12.8. The van der Waals surface area contributed by atoms with E-state index in [0.717, 1.165) is 37.1 Å². The van der Waals surface area contributed by atoms with Crippen LogP contribution in [-0.2, 0) is 10.0 Å². The first kappa shape index (κ1) is 16.3. The molecule has 1 fully saturated rings. The summed E-state index contributed by atoms with van der Waals surface area (Å²) in [4.78, 5) is 2.39. The van der Waals surface area contributed by atoms with E-state index in [1.807, 2.05) is 20.9 Å². The zero-order valence-corrected chi connectivity index (χ0v) is 14.1. The third-order valence-corrected chi connectivity index (χ3v) is 6.36. The number of sulfonamides is 1. The van der Waals surface area contributed by atoms with Crippen molar-refractivity contribution in [3.63, 3.8) is 0 Å². The number of hydrogen-bond donors (Lipinski definition) is 1. The summed E-state index contributed by atoms with van der Waals surface area (Å²) in [5.41, 5.74) is 8.23. The zero-order valence-electron chi connectivity index (χ0n) is 13.3. The lowest BCUT2D eigenvalue weighted by molar-refractivity contribution is 0.187. The number of benzene rings is 1. The lowest BCUT2D eigenvalue weighted by atomic mass is 10.1. The first-order valence-corrected chi connectivity index (χ1v) is 8.71. The molecule has 0 radical (unpaired) electrons. The monoisotopic (exact) mass is 311 g/mol. The smallest absolute Gasteiger partial charge is 0.245 e. The molecule has 21 heavy (non-hydrogen) atoms. The van der Waals surface area contributed by atoms with Gasteiger partial charge in [0, 0.05) is 19.6 Å². The van der Waals surface area contributed by atoms with Gasteiger partial charge in [-0.15, -0.1) is 0 Å². The van der Waals surface area contributed by atoms with Gasteiger partial charge in [-0.1, -0.05) is 0 Å². The van der Waals surface area contributed by atoms with E-state index in [9.17, 15) is 8.42 Å². The van der Waals surface area contributed by atoms with Crippen molar-refractivity contribution >= 4 is 15.7 Å². The Morgan fingerprint density at radius 3 is 2.52 bits per heavy atom. The molecule has 1 atom stereocenters. The Bertz CT molecular complexity index is 628. The minimum absolute atomic E-state index is 0.00904. The van der Waals surface area contributed by atoms with Crippen LogP contribution in [0.15, 0.2) is 17.0 Å². The predicted molar refractivity (Wildman–Crippen MR) is 85.8 cm³/mol. The van der Waals surface area contributed by atoms with Crippen LogP contribution in [0.4, 0.5) is 5.69 Å². The van der Waals surface area contributed by atoms with Gasteiger partial charge in [-0.05, 0) is 63.5 Å². The molecule has 2 N–H and O–H groups in total. The highest BCUT2D eigenvalue weighted by Crippen LogP contribution is 2.27. The van der Waals surface area contributed by atoms with Crippen molar-refractivity contribution in [2.24, 2.45) is 0 Å². The van der Waals surface area contributed by atoms with Crippen molar-refractivity contribution in [2.45, 2.75) is 37.6 Å². The van der Waals surface area contributed by atoms with Gasteiger partial charge in [0.05, 0.1) is 5.69 Å². The maximum Gasteiger partial charge on any atom is 0.245 e. The fourth-order valence-corrected chi connectivity index (χ4v) is 4.38. The fraction of sp³-hybridized carbons (Fsp3) is 0.600. The molecule has 0 bridgehead atoms. The van der Waals surface area contributed by atoms with E-state index in [1.54, 1.807) is 19.2 Å². The first-order chi connectivity index (χ1) is 9.73. The number of likely N-dealkylation sites (tertiary alicyclic amines) is 1. The molecule has 0 aliphatic carbocycles. The second kappa shape index (κ2) is 5.94. The van der Waals surface area contributed by atoms with Crippen LogP contribution in [0.5, 0.6) is 0 Å². The van der Waals surface area contributed by atoms with E-state index in [0.29, 0.717) is 5.69 Å². The van der Waals surface area contributed by atoms with Crippen molar-refractivity contribution in [3.8, 4) is 0 Å². The number of likely N-dealkylation sites (N-methyl/N-ethyl adjacent to an activating group) is 2. The third kappa shape index (κ3) is 3.22. The standard InChI is InChI=1S/C15H25N3O2S/c1-11-8-14(16)15(9-12(11)2)21(19,20)18(4)13-6-5-7-17(3)10-13/h8-9,13H,5-7,10,16H2,1-4H3. The molecular weight excluding hydrogens is 286 g/mol. The van der Waals surface area contributed by atoms with Crippen LogP contribution in [-0.4, -0.2) is 50.8 Å². The Kier molecular flexibility index (Phi) is 4.60. The minimum atomic E-state index is -3.55. The van der Waals surface area contributed by atoms with Crippen molar-refractivity contribution < 1.29 is 8.42 Å². The van der Waals surface area contributed by atoms with E-state index in [4.69, 9.17) is 5.73 Å². The normalized spacial score (nSPS) is 20.9. The molecule has 0 aromatic heterocycles. The SMILES string of the molecule is Cc1cc(N)c(S(=O)(=O)N(C)C2CCCN(C)C2)cc1C. The van der Waals surface area contributed by atoms with Crippen LogP contribution in [0.2, 0.25) is 0 Å². The van der Waals surface area contributed by atoms with Gasteiger partial charge in [-0.2, -0.15) is 4.31 Å². The molecule has 6 heteroatoms. The van der Waals surface area contributed by atoms with E-state index >= 15 is 0 Å². The van der Waals surface area contributed by atoms with E-state index in [-0.39, 0.29) is 10.9 Å². The Balaban J connectivity index is 2.35. The summed E-state index contributed by atoms with van der Waals surface area (Å²) < 4.78 is 27.2. The quantitative estimate of drug-likeness (QED) is 0.861. The molecule has 0 spiro atoms. The molecule has 2 rings (SSSR count). The molecule has 118 valence electrons. The molecular formula is C15H25N3O2S. The molecule has 5 nitrogen and oxygen atoms in total. The molecule has 1 aromatic rings. The largest absolute Gasteiger partial charge is 0.398 e. The highest BCUT2D eigenvalue weighted by atomic mass is 32.2. The van der Waals surface area contributed by atoms with Gasteiger partial charge >= 0.3 is 0 Å². The maximum absolute atomic E-state index is 12.8. The number of hydrogen-bond acceptors (Lipinski definition) is 4. The van der Waals surface area contributed by atoms with Gasteiger partial charge in [0.1, 0.15) is 4.90 Å². The van der Waals surface area contributed by atoms with Crippen molar-refractivity contribution in [1.82, 2.24) is 9.21 Å². The van der Waals surface area contributed by atoms with Crippen molar-refractivity contribution in [1.29, 1.82) is 0 Å². The highest BCUT2D eigenvalue weighted by Gasteiger charge is 2.31. The Morgan fingerprint density at radius 1 is 1.29 bits per heavy atom. The number of nitrogens with two attached hydrogens (primary N) is 1. The molecule has 1 aliphatic heterocycles. The first-order valence-electron chi connectivity index (χ1n) is 7.26. The lowest BCUT2D eigenvalue weighted by Crippen LogP contribution is -2.47. The topological polar surface area (TPSA) is 66.6 Å². The summed E-state index contributed by atoms with van der Waals surface area (Å²) in [6.07, 6.45) is 1.91. The summed E-state index contributed by atoms with van der Waals surface area (Å²) in [5, 5.41) is 0. The number of nitrogen functional groups attached to an aromatic ring is 1. The van der Waals surface area contributed by atoms with Gasteiger partial charge in [0.25, 0.3) is 0 Å². The number of rotatable bonds is 3. The number of aryl methyl sites for hydroxylation is 2. The Morgan fingerprint density at radius 2 is 1.90 bits per heavy atom. The Labute approximate surface area is 127 Å². The Hall–Kier alpha value is -1.11. The summed E-state index contributed by atoms with van der Waals surface area (Å²) in [5.74, 6) is 0. The molecule has 1 heterocycles. The predicted octanol–water partition coefficient (Wildman–Crippen LogP) is 1.60. The summed E-state index contributed by atoms with van der Waals surface area (Å²) in [6, 6.07) is 3.43. The van der Waals surface area contributed by atoms with E-state index in [2.05, 4.69) is 4.90 Å². The zero-order chi connectivity index (χ0) is 15.8. The third-order valence-electron chi connectivity index (χ3n) is 4.40. The van der Waals surface area contributed by atoms with Gasteiger partial charge < -0.3 is 10.6 Å². The molecule has 1 aliphatic rings. The lowest BCUT2D eigenvalue weighted by Gasteiger charge is -2.35. The van der Waals surface area contributed by atoms with Gasteiger partial charge in [-0.25, -0.2) is 8.42 Å². The summed E-state index contributed by atoms with van der Waals surface area (Å²) in [6.45, 7) is 5.63. The van der Waals surface area contributed by atoms with Crippen molar-refractivity contribution in [2.75, 3.05) is 32.9 Å². The van der Waals surface area contributed by atoms with Gasteiger partial charge in [0.15, 0.2) is 0 Å². The minimum Gasteiger partial charge on any atom is -0.398 e. The van der Waals surface area contributed by atoms with Crippen LogP contribution in [0, 0.1) is 13.8 Å². The second-order valence-electron chi connectivity index (χ2n) is 6.05. The van der Waals surface area contributed by atoms with Crippen LogP contribution in [0.25, 0.3) is 0 Å². The molecule has 0 saturated carbocycles. The summed E-state index contributed by atoms with van der Waals surface area (Å²) >= 11 is 0. The van der Waals surface area contributed by atoms with Crippen molar-refractivity contribution in [3.05, 3.63) is 23.3 Å². The second-order valence-corrected chi connectivity index (χ2v) is 8.02. The van der Waals surface area contributed by atoms with Crippen LogP contribution >= 0.6 is 0 Å². The molecule has 0 amide bonds.